The van der Waals surface area contributed by atoms with Gasteiger partial charge in [-0.05, 0) is 24.3 Å². The number of hydrogen-bond acceptors (Lipinski definition) is 3. The number of nitrogens with one attached hydrogen (secondary N) is 1. The minimum absolute atomic E-state index is 0.0106. The Labute approximate surface area is 132 Å². The first-order valence-corrected chi connectivity index (χ1v) is 7.31. The molecule has 4 heteroatoms. The first-order valence-electron chi connectivity index (χ1n) is 7.31. The molecule has 1 N–H and O–H groups in total. The number of imidazole rings is 1. The maximum atomic E-state index is 12.4. The van der Waals surface area contributed by atoms with E-state index in [1.54, 1.807) is 24.5 Å². The number of carbonyl (C=O) groups is 1. The topological polar surface area (TPSA) is 58.6 Å². The summed E-state index contributed by atoms with van der Waals surface area (Å²) in [5.41, 5.74) is 4.17. The quantitative estimate of drug-likeness (QED) is 0.584. The van der Waals surface area contributed by atoms with Crippen molar-refractivity contribution in [3.8, 4) is 11.4 Å². The maximum absolute atomic E-state index is 12.4. The molecule has 0 saturated carbocycles. The molecule has 0 bridgehead atoms. The van der Waals surface area contributed by atoms with Crippen LogP contribution in [0.15, 0.2) is 73.1 Å². The van der Waals surface area contributed by atoms with Crippen LogP contribution in [0, 0.1) is 0 Å². The number of H-pyrrole nitrogens is 1. The molecule has 110 valence electrons. The molecule has 2 aromatic heterocycles. The van der Waals surface area contributed by atoms with Gasteiger partial charge in [-0.1, -0.05) is 36.4 Å². The second kappa shape index (κ2) is 5.50. The van der Waals surface area contributed by atoms with Gasteiger partial charge in [0.25, 0.3) is 0 Å². The molecule has 0 amide bonds. The minimum atomic E-state index is -0.0106. The van der Waals surface area contributed by atoms with E-state index in [1.807, 2.05) is 48.5 Å². The summed E-state index contributed by atoms with van der Waals surface area (Å²) in [6.07, 6.45) is 3.24. The average molecular weight is 299 g/mol. The van der Waals surface area contributed by atoms with Crippen LogP contribution in [-0.4, -0.2) is 20.7 Å². The molecule has 0 spiro atoms. The van der Waals surface area contributed by atoms with Crippen molar-refractivity contribution in [1.82, 2.24) is 15.0 Å². The predicted octanol–water partition coefficient (Wildman–Crippen LogP) is 3.86. The summed E-state index contributed by atoms with van der Waals surface area (Å²) in [5, 5.41) is 0. The zero-order chi connectivity index (χ0) is 15.6. The Hall–Kier alpha value is -3.27. The van der Waals surface area contributed by atoms with Crippen LogP contribution in [0.3, 0.4) is 0 Å². The number of rotatable bonds is 3. The Balaban J connectivity index is 1.66. The SMILES string of the molecule is O=C(c1ccncc1)c1ccc(-c2nc3ccccc3[nH]2)cc1. The van der Waals surface area contributed by atoms with Crippen LogP contribution in [0.4, 0.5) is 0 Å². The van der Waals surface area contributed by atoms with Gasteiger partial charge < -0.3 is 4.98 Å². The summed E-state index contributed by atoms with van der Waals surface area (Å²) < 4.78 is 0. The third-order valence-corrected chi connectivity index (χ3v) is 3.75. The summed E-state index contributed by atoms with van der Waals surface area (Å²) in [4.78, 5) is 24.2. The molecule has 0 fully saturated rings. The first kappa shape index (κ1) is 13.4. The van der Waals surface area contributed by atoms with E-state index < -0.39 is 0 Å². The fourth-order valence-electron chi connectivity index (χ4n) is 2.54. The van der Waals surface area contributed by atoms with Gasteiger partial charge in [-0.25, -0.2) is 4.98 Å². The number of fused-ring (bicyclic) bond motifs is 1. The highest BCUT2D eigenvalue weighted by Gasteiger charge is 2.10. The van der Waals surface area contributed by atoms with Gasteiger partial charge in [0, 0.05) is 29.1 Å². The van der Waals surface area contributed by atoms with Crippen LogP contribution >= 0.6 is 0 Å². The molecule has 0 aliphatic heterocycles. The Morgan fingerprint density at radius 1 is 0.826 bits per heavy atom. The van der Waals surface area contributed by atoms with Crippen molar-refractivity contribution in [3.05, 3.63) is 84.2 Å². The molecular weight excluding hydrogens is 286 g/mol. The number of hydrogen-bond donors (Lipinski definition) is 1. The lowest BCUT2D eigenvalue weighted by atomic mass is 10.0. The van der Waals surface area contributed by atoms with E-state index in [1.165, 1.54) is 0 Å². The zero-order valence-electron chi connectivity index (χ0n) is 12.2. The first-order chi connectivity index (χ1) is 11.3. The normalized spacial score (nSPS) is 10.8. The van der Waals surface area contributed by atoms with Gasteiger partial charge in [0.1, 0.15) is 5.82 Å². The third kappa shape index (κ3) is 2.51. The lowest BCUT2D eigenvalue weighted by Crippen LogP contribution is -2.00. The molecular formula is C19H13N3O. The van der Waals surface area contributed by atoms with E-state index in [0.29, 0.717) is 11.1 Å². The average Bonchev–Trinajstić information content (AvgIpc) is 3.06. The van der Waals surface area contributed by atoms with Gasteiger partial charge in [-0.15, -0.1) is 0 Å². The van der Waals surface area contributed by atoms with Crippen LogP contribution in [0.5, 0.6) is 0 Å². The molecule has 4 nitrogen and oxygen atoms in total. The lowest BCUT2D eigenvalue weighted by Gasteiger charge is -2.02. The predicted molar refractivity (Wildman–Crippen MR) is 89.2 cm³/mol. The summed E-state index contributed by atoms with van der Waals surface area (Å²) in [6, 6.07) is 18.8. The Morgan fingerprint density at radius 3 is 2.26 bits per heavy atom. The summed E-state index contributed by atoms with van der Waals surface area (Å²) in [6.45, 7) is 0. The zero-order valence-corrected chi connectivity index (χ0v) is 12.2. The summed E-state index contributed by atoms with van der Waals surface area (Å²) in [7, 11) is 0. The fourth-order valence-corrected chi connectivity index (χ4v) is 2.54. The second-order valence-corrected chi connectivity index (χ2v) is 5.24. The second-order valence-electron chi connectivity index (χ2n) is 5.24. The van der Waals surface area contributed by atoms with Crippen molar-refractivity contribution in [1.29, 1.82) is 0 Å². The van der Waals surface area contributed by atoms with E-state index >= 15 is 0 Å². The molecule has 4 rings (SSSR count). The third-order valence-electron chi connectivity index (χ3n) is 3.75. The number of benzene rings is 2. The highest BCUT2D eigenvalue weighted by Crippen LogP contribution is 2.21. The molecule has 0 atom stereocenters. The van der Waals surface area contributed by atoms with Crippen molar-refractivity contribution in [2.75, 3.05) is 0 Å². The maximum Gasteiger partial charge on any atom is 0.193 e. The van der Waals surface area contributed by atoms with Gasteiger partial charge >= 0.3 is 0 Å². The van der Waals surface area contributed by atoms with E-state index in [0.717, 1.165) is 22.4 Å². The molecule has 0 aliphatic rings. The van der Waals surface area contributed by atoms with E-state index in [9.17, 15) is 4.79 Å². The van der Waals surface area contributed by atoms with E-state index in [2.05, 4.69) is 15.0 Å². The number of carbonyl (C=O) groups excluding carboxylic acids is 1. The van der Waals surface area contributed by atoms with E-state index in [4.69, 9.17) is 0 Å². The summed E-state index contributed by atoms with van der Waals surface area (Å²) >= 11 is 0. The smallest absolute Gasteiger partial charge is 0.193 e. The van der Waals surface area contributed by atoms with E-state index in [-0.39, 0.29) is 5.78 Å². The van der Waals surface area contributed by atoms with Crippen molar-refractivity contribution < 1.29 is 4.79 Å². The molecule has 4 aromatic rings. The number of pyridine rings is 1. The summed E-state index contributed by atoms with van der Waals surface area (Å²) in [5.74, 6) is 0.790. The number of aromatic amines is 1. The standard InChI is InChI=1S/C19H13N3O/c23-18(14-9-11-20-12-10-14)13-5-7-15(8-6-13)19-21-16-3-1-2-4-17(16)22-19/h1-12H,(H,21,22). The molecule has 0 radical (unpaired) electrons. The van der Waals surface area contributed by atoms with Crippen LogP contribution in [0.1, 0.15) is 15.9 Å². The monoisotopic (exact) mass is 299 g/mol. The molecule has 0 aliphatic carbocycles. The Kier molecular flexibility index (Phi) is 3.20. The molecule has 23 heavy (non-hydrogen) atoms. The molecule has 2 heterocycles. The fraction of sp³-hybridized carbons (Fsp3) is 0. The van der Waals surface area contributed by atoms with Gasteiger partial charge in [0.2, 0.25) is 0 Å². The van der Waals surface area contributed by atoms with Gasteiger partial charge in [-0.2, -0.15) is 0 Å². The Bertz CT molecular complexity index is 939. The van der Waals surface area contributed by atoms with Crippen LogP contribution in [-0.2, 0) is 0 Å². The molecule has 0 unspecified atom stereocenters. The number of nitrogens with zero attached hydrogens (tertiary/aromatic N) is 2. The number of aromatic nitrogens is 3. The van der Waals surface area contributed by atoms with Gasteiger partial charge in [0.05, 0.1) is 11.0 Å². The van der Waals surface area contributed by atoms with Crippen LogP contribution in [0.2, 0.25) is 0 Å². The highest BCUT2D eigenvalue weighted by molar-refractivity contribution is 6.09. The number of para-hydroxylation sites is 2. The molecule has 0 saturated heterocycles. The van der Waals surface area contributed by atoms with Crippen molar-refractivity contribution >= 4 is 16.8 Å². The Morgan fingerprint density at radius 2 is 1.52 bits per heavy atom. The van der Waals surface area contributed by atoms with Crippen molar-refractivity contribution in [2.24, 2.45) is 0 Å². The largest absolute Gasteiger partial charge is 0.338 e. The lowest BCUT2D eigenvalue weighted by molar-refractivity contribution is 0.103. The van der Waals surface area contributed by atoms with Gasteiger partial charge in [-0.3, -0.25) is 9.78 Å². The van der Waals surface area contributed by atoms with Crippen molar-refractivity contribution in [2.45, 2.75) is 0 Å². The van der Waals surface area contributed by atoms with Crippen molar-refractivity contribution in [3.63, 3.8) is 0 Å². The number of ketones is 1. The molecule has 2 aromatic carbocycles. The van der Waals surface area contributed by atoms with Crippen LogP contribution in [0.25, 0.3) is 22.4 Å². The minimum Gasteiger partial charge on any atom is -0.338 e. The highest BCUT2D eigenvalue weighted by atomic mass is 16.1. The van der Waals surface area contributed by atoms with Crippen LogP contribution < -0.4 is 0 Å². The van der Waals surface area contributed by atoms with Gasteiger partial charge in [0.15, 0.2) is 5.78 Å².